The van der Waals surface area contributed by atoms with E-state index in [0.29, 0.717) is 16.3 Å². The highest BCUT2D eigenvalue weighted by Gasteiger charge is 2.30. The number of anilines is 1. The van der Waals surface area contributed by atoms with Gasteiger partial charge in [-0.15, -0.1) is 11.3 Å². The molecule has 35 heavy (non-hydrogen) atoms. The molecule has 0 saturated carbocycles. The largest absolute Gasteiger partial charge is 0.422 e. The van der Waals surface area contributed by atoms with Crippen molar-refractivity contribution < 1.29 is 17.6 Å². The van der Waals surface area contributed by atoms with Gasteiger partial charge in [0.1, 0.15) is 22.2 Å². The van der Waals surface area contributed by atoms with E-state index >= 15 is 0 Å². The zero-order valence-electron chi connectivity index (χ0n) is 17.8. The normalized spacial score (nSPS) is 12.1. The number of halogens is 3. The lowest BCUT2D eigenvalue weighted by molar-refractivity contribution is -0.137. The van der Waals surface area contributed by atoms with E-state index in [2.05, 4.69) is 10.3 Å². The summed E-state index contributed by atoms with van der Waals surface area (Å²) >= 11 is 1.13. The maximum Gasteiger partial charge on any atom is 0.416 e. The number of hydrogen-bond acceptors (Lipinski definition) is 6. The van der Waals surface area contributed by atoms with E-state index in [0.717, 1.165) is 39.6 Å². The smallest absolute Gasteiger partial charge is 0.416 e. The van der Waals surface area contributed by atoms with E-state index in [1.807, 2.05) is 36.4 Å². The Kier molecular flexibility index (Phi) is 5.59. The fraction of sp³-hybridized carbons (Fsp3) is 0.0385. The molecule has 0 spiro atoms. The molecule has 0 bridgehead atoms. The Labute approximate surface area is 200 Å². The zero-order valence-corrected chi connectivity index (χ0v) is 18.6. The summed E-state index contributed by atoms with van der Waals surface area (Å²) in [5, 5.41) is 16.9. The van der Waals surface area contributed by atoms with Crippen LogP contribution in [0.1, 0.15) is 10.6 Å². The fourth-order valence-corrected chi connectivity index (χ4v) is 4.44. The lowest BCUT2D eigenvalue weighted by Crippen LogP contribution is -2.05. The maximum atomic E-state index is 12.9. The van der Waals surface area contributed by atoms with Gasteiger partial charge in [0.15, 0.2) is 0 Å². The van der Waals surface area contributed by atoms with Gasteiger partial charge in [0.2, 0.25) is 0 Å². The van der Waals surface area contributed by atoms with Crippen molar-refractivity contribution in [2.75, 3.05) is 5.32 Å². The van der Waals surface area contributed by atoms with Gasteiger partial charge in [-0.25, -0.2) is 9.78 Å². The highest BCUT2D eigenvalue weighted by Crippen LogP contribution is 2.32. The molecule has 5 aromatic rings. The third-order valence-corrected chi connectivity index (χ3v) is 6.22. The van der Waals surface area contributed by atoms with Crippen molar-refractivity contribution in [2.45, 2.75) is 6.18 Å². The summed E-state index contributed by atoms with van der Waals surface area (Å²) in [6, 6.07) is 19.7. The highest BCUT2D eigenvalue weighted by atomic mass is 32.1. The molecule has 5 nitrogen and oxygen atoms in total. The van der Waals surface area contributed by atoms with Crippen LogP contribution >= 0.6 is 11.3 Å². The first-order valence-corrected chi connectivity index (χ1v) is 11.2. The van der Waals surface area contributed by atoms with E-state index in [-0.39, 0.29) is 16.8 Å². The summed E-state index contributed by atoms with van der Waals surface area (Å²) in [6.45, 7) is 0. The van der Waals surface area contributed by atoms with Gasteiger partial charge in [0.25, 0.3) is 0 Å². The van der Waals surface area contributed by atoms with E-state index in [1.165, 1.54) is 18.3 Å². The molecular formula is C26H14F3N3O2S. The lowest BCUT2D eigenvalue weighted by atomic mass is 10.0. The predicted octanol–water partition coefficient (Wildman–Crippen LogP) is 7.07. The minimum absolute atomic E-state index is 0.106. The molecule has 1 N–H and O–H groups in total. The van der Waals surface area contributed by atoms with Crippen LogP contribution in [-0.4, -0.2) is 4.98 Å². The first-order valence-electron chi connectivity index (χ1n) is 10.3. The van der Waals surface area contributed by atoms with E-state index in [4.69, 9.17) is 4.42 Å². The standard InChI is InChI=1S/C26H14F3N3O2S/c27-26(28,29)17-5-3-6-18(10-17)31-13-16(12-30)24-32-22(14-35-24)21-11-20-19-7-2-1-4-15(19)8-9-23(20)34-25(21)33/h1-11,13-14,31H/b16-13-. The molecular weight excluding hydrogens is 475 g/mol. The Morgan fingerprint density at radius 1 is 1.06 bits per heavy atom. The summed E-state index contributed by atoms with van der Waals surface area (Å²) < 4.78 is 44.3. The number of nitrogens with zero attached hydrogens (tertiary/aromatic N) is 2. The average molecular weight is 489 g/mol. The molecule has 0 aliphatic rings. The van der Waals surface area contributed by atoms with Crippen LogP contribution in [-0.2, 0) is 6.18 Å². The summed E-state index contributed by atoms with van der Waals surface area (Å²) in [4.78, 5) is 17.1. The second-order valence-corrected chi connectivity index (χ2v) is 8.43. The lowest BCUT2D eigenvalue weighted by Gasteiger charge is -2.08. The van der Waals surface area contributed by atoms with Gasteiger partial charge >= 0.3 is 11.8 Å². The van der Waals surface area contributed by atoms with Crippen LogP contribution in [0.3, 0.4) is 0 Å². The van der Waals surface area contributed by atoms with Crippen molar-refractivity contribution in [3.05, 3.63) is 99.3 Å². The van der Waals surface area contributed by atoms with Gasteiger partial charge < -0.3 is 9.73 Å². The number of nitrogens with one attached hydrogen (secondary N) is 1. The first kappa shape index (κ1) is 22.4. The van der Waals surface area contributed by atoms with Crippen LogP contribution < -0.4 is 10.9 Å². The Morgan fingerprint density at radius 3 is 2.69 bits per heavy atom. The van der Waals surface area contributed by atoms with Crippen molar-refractivity contribution in [3.8, 4) is 17.3 Å². The van der Waals surface area contributed by atoms with Gasteiger partial charge in [-0.05, 0) is 41.1 Å². The Hall–Kier alpha value is -4.42. The SMILES string of the molecule is N#C/C(=C/Nc1cccc(C(F)(F)F)c1)c1nc(-c2cc3c(ccc4ccccc43)oc2=O)cs1. The van der Waals surface area contributed by atoms with Crippen LogP contribution in [0.5, 0.6) is 0 Å². The third kappa shape index (κ3) is 4.39. The van der Waals surface area contributed by atoms with Crippen molar-refractivity contribution in [1.82, 2.24) is 4.98 Å². The van der Waals surface area contributed by atoms with Gasteiger partial charge in [0.05, 0.1) is 16.8 Å². The Balaban J connectivity index is 1.49. The molecule has 0 radical (unpaired) electrons. The number of fused-ring (bicyclic) bond motifs is 3. The minimum Gasteiger partial charge on any atom is -0.422 e. The summed E-state index contributed by atoms with van der Waals surface area (Å²) in [7, 11) is 0. The van der Waals surface area contributed by atoms with Gasteiger partial charge in [-0.2, -0.15) is 18.4 Å². The maximum absolute atomic E-state index is 12.9. The average Bonchev–Trinajstić information content (AvgIpc) is 3.33. The van der Waals surface area contributed by atoms with E-state index < -0.39 is 17.4 Å². The second-order valence-electron chi connectivity index (χ2n) is 7.58. The van der Waals surface area contributed by atoms with Gasteiger partial charge in [-0.3, -0.25) is 0 Å². The summed E-state index contributed by atoms with van der Waals surface area (Å²) in [5.41, 5.74) is -0.0412. The van der Waals surface area contributed by atoms with E-state index in [9.17, 15) is 23.2 Å². The molecule has 0 saturated heterocycles. The molecule has 9 heteroatoms. The number of aromatic nitrogens is 1. The van der Waals surface area contributed by atoms with Crippen LogP contribution in [0.4, 0.5) is 18.9 Å². The molecule has 0 amide bonds. The molecule has 0 unspecified atom stereocenters. The summed E-state index contributed by atoms with van der Waals surface area (Å²) in [5.74, 6) is 0. The number of rotatable bonds is 4. The quantitative estimate of drug-likeness (QED) is 0.166. The number of alkyl halides is 3. The minimum atomic E-state index is -4.48. The van der Waals surface area contributed by atoms with Crippen LogP contribution in [0.15, 0.2) is 87.5 Å². The van der Waals surface area contributed by atoms with Crippen LogP contribution in [0, 0.1) is 11.3 Å². The van der Waals surface area contributed by atoms with Crippen molar-refractivity contribution in [2.24, 2.45) is 0 Å². The topological polar surface area (TPSA) is 78.9 Å². The molecule has 2 aromatic heterocycles. The molecule has 0 aliphatic carbocycles. The molecule has 0 fully saturated rings. The predicted molar refractivity (Wildman–Crippen MR) is 130 cm³/mol. The monoisotopic (exact) mass is 489 g/mol. The Bertz CT molecular complexity index is 1710. The van der Waals surface area contributed by atoms with Crippen LogP contribution in [0.2, 0.25) is 0 Å². The van der Waals surface area contributed by atoms with E-state index in [1.54, 1.807) is 17.5 Å². The number of allylic oxidation sites excluding steroid dienone is 1. The highest BCUT2D eigenvalue weighted by molar-refractivity contribution is 7.11. The first-order chi connectivity index (χ1) is 16.8. The number of nitriles is 1. The zero-order chi connectivity index (χ0) is 24.6. The molecule has 0 aliphatic heterocycles. The Morgan fingerprint density at radius 2 is 1.89 bits per heavy atom. The van der Waals surface area contributed by atoms with Gasteiger partial charge in [-0.1, -0.05) is 36.4 Å². The molecule has 3 aromatic carbocycles. The van der Waals surface area contributed by atoms with Gasteiger partial charge in [0, 0.05) is 22.7 Å². The number of thiazole rings is 1. The van der Waals surface area contributed by atoms with Crippen molar-refractivity contribution in [1.29, 1.82) is 5.26 Å². The second kappa shape index (κ2) is 8.74. The molecule has 2 heterocycles. The third-order valence-electron chi connectivity index (χ3n) is 5.35. The molecule has 0 atom stereocenters. The summed E-state index contributed by atoms with van der Waals surface area (Å²) in [6.07, 6.45) is -3.19. The number of benzene rings is 3. The molecule has 5 rings (SSSR count). The van der Waals surface area contributed by atoms with Crippen molar-refractivity contribution >= 4 is 44.3 Å². The van der Waals surface area contributed by atoms with Crippen molar-refractivity contribution in [3.63, 3.8) is 0 Å². The molecule has 172 valence electrons. The van der Waals surface area contributed by atoms with Crippen LogP contribution in [0.25, 0.3) is 38.6 Å². The number of hydrogen-bond donors (Lipinski definition) is 1. The fourth-order valence-electron chi connectivity index (χ4n) is 3.65.